The Balaban J connectivity index is 1.02. The van der Waals surface area contributed by atoms with Gasteiger partial charge in [0.15, 0.2) is 0 Å². The molecular formula is C33H37N5O2S. The third kappa shape index (κ3) is 6.44. The molecule has 0 spiro atoms. The standard InChI is InChI=1S/C33H37N5O2S/c1-40-29-14-8-9-25(23-29)24-30-34-33(41-35-30)38-17-15-28(16-18-38)32(39)37-21-19-36(20-22-37)31(26-10-4-2-5-11-26)27-12-6-3-7-13-27/h2-14,23,28,31H,15-22,24H2,1H3. The summed E-state index contributed by atoms with van der Waals surface area (Å²) < 4.78 is 9.94. The van der Waals surface area contributed by atoms with Gasteiger partial charge in [-0.2, -0.15) is 4.37 Å². The minimum Gasteiger partial charge on any atom is -0.497 e. The van der Waals surface area contributed by atoms with Crippen LogP contribution in [0.5, 0.6) is 5.75 Å². The van der Waals surface area contributed by atoms with Gasteiger partial charge in [0, 0.05) is 63.1 Å². The number of benzene rings is 3. The molecule has 41 heavy (non-hydrogen) atoms. The predicted octanol–water partition coefficient (Wildman–Crippen LogP) is 5.29. The van der Waals surface area contributed by atoms with Crippen molar-refractivity contribution >= 4 is 22.6 Å². The van der Waals surface area contributed by atoms with Crippen LogP contribution in [0, 0.1) is 5.92 Å². The second-order valence-corrected chi connectivity index (χ2v) is 11.6. The topological polar surface area (TPSA) is 61.8 Å². The van der Waals surface area contributed by atoms with Gasteiger partial charge in [0.25, 0.3) is 0 Å². The number of anilines is 1. The number of aromatic nitrogens is 2. The number of nitrogens with zero attached hydrogens (tertiary/aromatic N) is 5. The number of carbonyl (C=O) groups is 1. The van der Waals surface area contributed by atoms with E-state index in [1.165, 1.54) is 22.7 Å². The normalized spacial score (nSPS) is 16.7. The molecule has 0 radical (unpaired) electrons. The number of hydrogen-bond acceptors (Lipinski definition) is 7. The molecule has 2 saturated heterocycles. The zero-order chi connectivity index (χ0) is 28.0. The highest BCUT2D eigenvalue weighted by Gasteiger charge is 2.33. The SMILES string of the molecule is COc1cccc(Cc2nsc(N3CCC(C(=O)N4CCN(C(c5ccccc5)c5ccccc5)CC4)CC3)n2)c1. The summed E-state index contributed by atoms with van der Waals surface area (Å²) in [6.07, 6.45) is 2.41. The molecule has 4 aromatic rings. The van der Waals surface area contributed by atoms with Crippen LogP contribution in [0.4, 0.5) is 5.13 Å². The van der Waals surface area contributed by atoms with Crippen LogP contribution in [0.3, 0.4) is 0 Å². The minimum atomic E-state index is 0.0843. The van der Waals surface area contributed by atoms with Crippen molar-refractivity contribution in [2.24, 2.45) is 5.92 Å². The zero-order valence-electron chi connectivity index (χ0n) is 23.6. The molecule has 3 aromatic carbocycles. The van der Waals surface area contributed by atoms with Crippen LogP contribution in [0.1, 0.15) is 41.4 Å². The van der Waals surface area contributed by atoms with E-state index < -0.39 is 0 Å². The van der Waals surface area contributed by atoms with Crippen LogP contribution in [0.25, 0.3) is 0 Å². The van der Waals surface area contributed by atoms with Gasteiger partial charge < -0.3 is 14.5 Å². The third-order valence-corrected chi connectivity index (χ3v) is 9.10. The van der Waals surface area contributed by atoms with Crippen molar-refractivity contribution in [1.82, 2.24) is 19.2 Å². The fourth-order valence-corrected chi connectivity index (χ4v) is 6.81. The quantitative estimate of drug-likeness (QED) is 0.289. The molecule has 8 heteroatoms. The van der Waals surface area contributed by atoms with E-state index in [0.717, 1.165) is 74.4 Å². The molecule has 0 unspecified atom stereocenters. The number of carbonyl (C=O) groups excluding carboxylic acids is 1. The molecule has 2 fully saturated rings. The van der Waals surface area contributed by atoms with Crippen molar-refractivity contribution in [2.75, 3.05) is 51.3 Å². The minimum absolute atomic E-state index is 0.0843. The van der Waals surface area contributed by atoms with Crippen LogP contribution in [0.15, 0.2) is 84.9 Å². The number of piperazine rings is 1. The maximum Gasteiger partial charge on any atom is 0.225 e. The second-order valence-electron chi connectivity index (χ2n) is 10.9. The lowest BCUT2D eigenvalue weighted by atomic mass is 9.94. The summed E-state index contributed by atoms with van der Waals surface area (Å²) >= 11 is 1.45. The summed E-state index contributed by atoms with van der Waals surface area (Å²) in [5.74, 6) is 2.08. The van der Waals surface area contributed by atoms with Crippen molar-refractivity contribution in [3.63, 3.8) is 0 Å². The maximum atomic E-state index is 13.5. The summed E-state index contributed by atoms with van der Waals surface area (Å²) in [6, 6.07) is 29.7. The van der Waals surface area contributed by atoms with Crippen molar-refractivity contribution < 1.29 is 9.53 Å². The number of ether oxygens (including phenoxy) is 1. The highest BCUT2D eigenvalue weighted by Crippen LogP contribution is 2.31. The predicted molar refractivity (Wildman–Crippen MR) is 164 cm³/mol. The fraction of sp³-hybridized carbons (Fsp3) is 0.364. The molecule has 0 aliphatic carbocycles. The maximum absolute atomic E-state index is 13.5. The molecule has 0 atom stereocenters. The molecule has 2 aliphatic rings. The van der Waals surface area contributed by atoms with Gasteiger partial charge in [-0.05, 0) is 41.7 Å². The van der Waals surface area contributed by atoms with Gasteiger partial charge in [0.1, 0.15) is 11.6 Å². The Hall–Kier alpha value is -3.75. The Labute approximate surface area is 246 Å². The van der Waals surface area contributed by atoms with Crippen LogP contribution in [-0.2, 0) is 11.2 Å². The van der Waals surface area contributed by atoms with Gasteiger partial charge >= 0.3 is 0 Å². The van der Waals surface area contributed by atoms with Crippen molar-refractivity contribution in [3.8, 4) is 5.75 Å². The lowest BCUT2D eigenvalue weighted by Gasteiger charge is -2.41. The van der Waals surface area contributed by atoms with Crippen LogP contribution < -0.4 is 9.64 Å². The fourth-order valence-electron chi connectivity index (χ4n) is 6.07. The van der Waals surface area contributed by atoms with Crippen LogP contribution in [0.2, 0.25) is 0 Å². The molecule has 1 amide bonds. The smallest absolute Gasteiger partial charge is 0.225 e. The second kappa shape index (κ2) is 12.8. The van der Waals surface area contributed by atoms with Gasteiger partial charge in [-0.1, -0.05) is 72.8 Å². The summed E-state index contributed by atoms with van der Waals surface area (Å²) in [4.78, 5) is 25.2. The van der Waals surface area contributed by atoms with E-state index in [1.54, 1.807) is 7.11 Å². The Bertz CT molecular complexity index is 1370. The number of piperidine rings is 1. The molecule has 1 aromatic heterocycles. The van der Waals surface area contributed by atoms with Crippen LogP contribution in [-0.4, -0.2) is 71.4 Å². The summed E-state index contributed by atoms with van der Waals surface area (Å²) in [7, 11) is 1.68. The number of amides is 1. The van der Waals surface area contributed by atoms with Gasteiger partial charge in [-0.3, -0.25) is 9.69 Å². The van der Waals surface area contributed by atoms with E-state index in [1.807, 2.05) is 18.2 Å². The monoisotopic (exact) mass is 567 g/mol. The number of methoxy groups -OCH3 is 1. The van der Waals surface area contributed by atoms with E-state index in [2.05, 4.69) is 85.8 Å². The average Bonchev–Trinajstić information content (AvgIpc) is 3.51. The Kier molecular flexibility index (Phi) is 8.58. The molecule has 7 nitrogen and oxygen atoms in total. The van der Waals surface area contributed by atoms with E-state index in [-0.39, 0.29) is 12.0 Å². The first-order chi connectivity index (χ1) is 20.2. The van der Waals surface area contributed by atoms with E-state index in [9.17, 15) is 4.79 Å². The average molecular weight is 568 g/mol. The highest BCUT2D eigenvalue weighted by molar-refractivity contribution is 7.09. The molecular weight excluding hydrogens is 530 g/mol. The number of rotatable bonds is 8. The molecule has 212 valence electrons. The Morgan fingerprint density at radius 3 is 2.17 bits per heavy atom. The van der Waals surface area contributed by atoms with Gasteiger partial charge in [0.2, 0.25) is 11.0 Å². The summed E-state index contributed by atoms with van der Waals surface area (Å²) in [5, 5.41) is 0.954. The van der Waals surface area contributed by atoms with Crippen LogP contribution >= 0.6 is 11.5 Å². The van der Waals surface area contributed by atoms with Crippen molar-refractivity contribution in [3.05, 3.63) is 107 Å². The largest absolute Gasteiger partial charge is 0.497 e. The lowest BCUT2D eigenvalue weighted by molar-refractivity contribution is -0.138. The third-order valence-electron chi connectivity index (χ3n) is 8.29. The Morgan fingerprint density at radius 2 is 1.54 bits per heavy atom. The molecule has 0 bridgehead atoms. The van der Waals surface area contributed by atoms with Gasteiger partial charge in [-0.15, -0.1) is 0 Å². The molecule has 3 heterocycles. The van der Waals surface area contributed by atoms with E-state index >= 15 is 0 Å². The molecule has 2 aliphatic heterocycles. The first kappa shape index (κ1) is 27.4. The molecule has 0 N–H and O–H groups in total. The Morgan fingerprint density at radius 1 is 0.878 bits per heavy atom. The molecule has 6 rings (SSSR count). The highest BCUT2D eigenvalue weighted by atomic mass is 32.1. The molecule has 0 saturated carbocycles. The van der Waals surface area contributed by atoms with Crippen molar-refractivity contribution in [1.29, 1.82) is 0 Å². The van der Waals surface area contributed by atoms with E-state index in [4.69, 9.17) is 9.72 Å². The van der Waals surface area contributed by atoms with Gasteiger partial charge in [0.05, 0.1) is 13.2 Å². The summed E-state index contributed by atoms with van der Waals surface area (Å²) in [6.45, 7) is 4.99. The van der Waals surface area contributed by atoms with Gasteiger partial charge in [-0.25, -0.2) is 4.98 Å². The van der Waals surface area contributed by atoms with E-state index in [0.29, 0.717) is 12.3 Å². The number of hydrogen-bond donors (Lipinski definition) is 0. The first-order valence-electron chi connectivity index (χ1n) is 14.5. The van der Waals surface area contributed by atoms with Crippen molar-refractivity contribution in [2.45, 2.75) is 25.3 Å². The first-order valence-corrected chi connectivity index (χ1v) is 15.3. The lowest BCUT2D eigenvalue weighted by Crippen LogP contribution is -2.52. The summed E-state index contributed by atoms with van der Waals surface area (Å²) in [5.41, 5.74) is 3.74. The zero-order valence-corrected chi connectivity index (χ0v) is 24.4.